The van der Waals surface area contributed by atoms with Crippen LogP contribution in [-0.4, -0.2) is 440 Å². The first-order valence-corrected chi connectivity index (χ1v) is 32.0. The summed E-state index contributed by atoms with van der Waals surface area (Å²) in [5.41, 5.74) is 0. The van der Waals surface area contributed by atoms with Gasteiger partial charge >= 0.3 is 0 Å². The zero-order valence-electron chi connectivity index (χ0n) is 54.5. The van der Waals surface area contributed by atoms with E-state index in [-0.39, 0.29) is 0 Å². The van der Waals surface area contributed by atoms with Gasteiger partial charge in [-0.1, -0.05) is 0 Å². The summed E-state index contributed by atoms with van der Waals surface area (Å²) in [6.07, 6.45) is -72.8. The lowest BCUT2D eigenvalue weighted by molar-refractivity contribution is -0.396. The Morgan fingerprint density at radius 3 is 1.14 bits per heavy atom. The molecule has 7 rings (SSSR count). The highest BCUT2D eigenvalue weighted by molar-refractivity contribution is 5.74. The van der Waals surface area contributed by atoms with Crippen molar-refractivity contribution in [2.75, 3.05) is 59.5 Å². The van der Waals surface area contributed by atoms with Crippen LogP contribution in [0, 0.1) is 0 Å². The molecule has 101 heavy (non-hydrogen) atoms. The third-order valence-electron chi connectivity index (χ3n) is 17.9. The second-order valence-corrected chi connectivity index (χ2v) is 25.1. The summed E-state index contributed by atoms with van der Waals surface area (Å²) >= 11 is 0. The van der Waals surface area contributed by atoms with E-state index in [1.54, 1.807) is 0 Å². The minimum atomic E-state index is -2.52. The Bertz CT molecular complexity index is 2590. The molecule has 27 N–H and O–H groups in total. The van der Waals surface area contributed by atoms with E-state index in [2.05, 4.69) is 21.3 Å². The average Bonchev–Trinajstić information content (AvgIpc) is 0.779. The van der Waals surface area contributed by atoms with Crippen molar-refractivity contribution in [2.24, 2.45) is 0 Å². The molecule has 0 radical (unpaired) electrons. The molecule has 0 aliphatic carbocycles. The van der Waals surface area contributed by atoms with Crippen molar-refractivity contribution in [3.63, 3.8) is 0 Å². The predicted molar refractivity (Wildman–Crippen MR) is 313 cm³/mol. The van der Waals surface area contributed by atoms with E-state index in [0.717, 1.165) is 27.7 Å². The fraction of sp³-hybridized carbons (Fsp3) is 0.929. The van der Waals surface area contributed by atoms with Crippen LogP contribution in [0.5, 0.6) is 0 Å². The Hall–Kier alpha value is -3.60. The molecule has 4 amide bonds. The molecule has 45 nitrogen and oxygen atoms in total. The second-order valence-electron chi connectivity index (χ2n) is 25.1. The van der Waals surface area contributed by atoms with E-state index >= 15 is 0 Å². The van der Waals surface area contributed by atoms with E-state index < -0.39 is 322 Å². The summed E-state index contributed by atoms with van der Waals surface area (Å²) in [4.78, 5) is 50.1. The Balaban J connectivity index is 1.25. The summed E-state index contributed by atoms with van der Waals surface area (Å²) < 4.78 is 82.8. The molecule has 0 aromatic carbocycles. The predicted octanol–water partition coefficient (Wildman–Crippen LogP) is -18.2. The minimum Gasteiger partial charge on any atom is -0.394 e. The molecule has 0 bridgehead atoms. The second kappa shape index (κ2) is 37.8. The maximum absolute atomic E-state index is 12.9. The molecule has 7 aliphatic heterocycles. The van der Waals surface area contributed by atoms with Crippen LogP contribution in [0.1, 0.15) is 27.7 Å². The minimum absolute atomic E-state index is 0.794. The highest BCUT2D eigenvalue weighted by Crippen LogP contribution is 2.38. The normalized spacial score (nSPS) is 45.0. The zero-order chi connectivity index (χ0) is 74.9. The first-order valence-electron chi connectivity index (χ1n) is 32.0. The van der Waals surface area contributed by atoms with Gasteiger partial charge in [0.25, 0.3) is 0 Å². The molecule has 7 aliphatic rings. The molecule has 0 saturated carbocycles. The molecule has 45 heteroatoms. The molecular weight excluding hydrogens is 1380 g/mol. The number of hydrogen-bond acceptors (Lipinski definition) is 41. The van der Waals surface area contributed by atoms with Crippen LogP contribution in [-0.2, 0) is 85.5 Å². The monoisotopic (exact) mass is 1480 g/mol. The molecular formula is C56H96N4O41. The number of aliphatic hydroxyl groups excluding tert-OH is 23. The van der Waals surface area contributed by atoms with Crippen molar-refractivity contribution in [1.82, 2.24) is 21.3 Å². The van der Waals surface area contributed by atoms with Crippen molar-refractivity contribution >= 4 is 23.6 Å². The summed E-state index contributed by atoms with van der Waals surface area (Å²) in [6, 6.07) is -7.21. The number of nitrogens with one attached hydrogen (secondary N) is 4. The number of carbonyl (C=O) groups excluding carboxylic acids is 4. The third-order valence-corrected chi connectivity index (χ3v) is 17.9. The number of rotatable bonds is 30. The van der Waals surface area contributed by atoms with Crippen LogP contribution < -0.4 is 21.3 Å². The van der Waals surface area contributed by atoms with Crippen LogP contribution in [0.3, 0.4) is 0 Å². The van der Waals surface area contributed by atoms with Gasteiger partial charge in [0, 0.05) is 27.7 Å². The summed E-state index contributed by atoms with van der Waals surface area (Å²) in [6.45, 7) is -5.91. The zero-order valence-corrected chi connectivity index (χ0v) is 54.5. The molecule has 7 saturated heterocycles. The Labute approximate surface area is 572 Å². The topological polar surface area (TPSA) is 711 Å². The quantitative estimate of drug-likeness (QED) is 0.0318. The number of hydrogen-bond donors (Lipinski definition) is 27. The number of carbonyl (C=O) groups is 4. The first-order chi connectivity index (χ1) is 47.7. The standard InChI is InChI=1S/C56H96N4O41/c1-14(69)57-18(5-61)30(74)44(19(73)6-62)96-51-28(59-16(3)71)37(81)46(25(12-68)93-51)98-54-43(87)47(99-56-49(41(85)34(78)23(10-66)92-56)101-50-27(58-15(2)70)36(80)31(75)20(7-63)89-50)35(79)26(95-54)13-88-55-48(40(84)33(77)22(9-65)91-55)100-52-29(60-17(4)72)38(82)45(24(11-67)94-52)97-53-42(86)39(83)32(76)21(8-64)90-53/h18-56,61-68,73-87H,5-13H2,1-4H3,(H,57,69)(H,58,70)(H,59,71)(H,60,72)/t18-,19+,20+,21+,22+,23+,24+,25+,26+,27+,28+,29+,30+,31+,32-,33+,34+,35+,36+,37+,38+,39-,40-,41-,42+,43-,44+,45+,46+,47-,48-,49-,50?,51?,52?,53?,54?,55?,56?/m0/s1. The van der Waals surface area contributed by atoms with Crippen molar-refractivity contribution in [2.45, 2.75) is 267 Å². The third kappa shape index (κ3) is 19.6. The van der Waals surface area contributed by atoms with Crippen molar-refractivity contribution in [3.8, 4) is 0 Å². The van der Waals surface area contributed by atoms with Crippen molar-refractivity contribution in [1.29, 1.82) is 0 Å². The van der Waals surface area contributed by atoms with E-state index in [1.165, 1.54) is 0 Å². The molecule has 0 aromatic heterocycles. The first kappa shape index (κ1) is 84.7. The van der Waals surface area contributed by atoms with Gasteiger partial charge in [-0.25, -0.2) is 0 Å². The molecule has 7 unspecified atom stereocenters. The van der Waals surface area contributed by atoms with Gasteiger partial charge in [-0.05, 0) is 0 Å². The molecule has 7 fully saturated rings. The molecule has 586 valence electrons. The van der Waals surface area contributed by atoms with Crippen molar-refractivity contribution < 1.29 is 203 Å². The van der Waals surface area contributed by atoms with Crippen LogP contribution in [0.15, 0.2) is 0 Å². The number of ether oxygens (including phenoxy) is 14. The highest BCUT2D eigenvalue weighted by atomic mass is 16.8. The van der Waals surface area contributed by atoms with Gasteiger partial charge in [0.2, 0.25) is 23.6 Å². The van der Waals surface area contributed by atoms with E-state index in [1.807, 2.05) is 0 Å². The summed E-state index contributed by atoms with van der Waals surface area (Å²) in [5.74, 6) is -3.53. The van der Waals surface area contributed by atoms with Crippen LogP contribution in [0.4, 0.5) is 0 Å². The van der Waals surface area contributed by atoms with Gasteiger partial charge in [0.05, 0.1) is 65.5 Å². The Kier molecular flexibility index (Phi) is 31.7. The van der Waals surface area contributed by atoms with Gasteiger partial charge < -0.3 is 205 Å². The smallest absolute Gasteiger partial charge is 0.217 e. The summed E-state index contributed by atoms with van der Waals surface area (Å²) in [5, 5.41) is 262. The van der Waals surface area contributed by atoms with Crippen LogP contribution in [0.2, 0.25) is 0 Å². The van der Waals surface area contributed by atoms with Gasteiger partial charge in [0.15, 0.2) is 44.0 Å². The molecule has 0 aromatic rings. The summed E-state index contributed by atoms with van der Waals surface area (Å²) in [7, 11) is 0. The van der Waals surface area contributed by atoms with E-state index in [4.69, 9.17) is 66.3 Å². The van der Waals surface area contributed by atoms with Gasteiger partial charge in [-0.15, -0.1) is 0 Å². The lowest BCUT2D eigenvalue weighted by atomic mass is 9.94. The molecule has 39 atom stereocenters. The fourth-order valence-corrected chi connectivity index (χ4v) is 12.6. The van der Waals surface area contributed by atoms with Crippen molar-refractivity contribution in [3.05, 3.63) is 0 Å². The van der Waals surface area contributed by atoms with Gasteiger partial charge in [-0.2, -0.15) is 0 Å². The fourth-order valence-electron chi connectivity index (χ4n) is 12.6. The van der Waals surface area contributed by atoms with Gasteiger partial charge in [0.1, 0.15) is 189 Å². The largest absolute Gasteiger partial charge is 0.394 e. The van der Waals surface area contributed by atoms with Crippen LogP contribution in [0.25, 0.3) is 0 Å². The SMILES string of the molecule is CC(=O)N[C@@H](CO)[C@@H](O)[C@H](OC1O[C@H](CO)[C@@H](OC2O[C@H](COC3O[C@H](CO)[C@@H](O)[C@H](O)[C@@H]3OC3O[C@H](CO)[C@@H](OC4O[C@H](CO)[C@H](O)[C@H](O)[C@H]4O)[C@H](O)[C@H]3NC(C)=O)[C@@H](O)[C@H](OC3O[C@H](CO)[C@@H](O)[C@H](O)[C@@H]3OC3O[C@H](CO)[C@@H](O)[C@H](O)[C@H]3NC(C)=O)[C@@H]2O)[C@H](O)[C@H]1NC(C)=O)[C@H](O)CO. The maximum Gasteiger partial charge on any atom is 0.217 e. The number of amides is 4. The average molecular weight is 1480 g/mol. The maximum atomic E-state index is 12.9. The molecule has 0 spiro atoms. The lowest BCUT2D eigenvalue weighted by Crippen LogP contribution is -2.70. The molecule has 7 heterocycles. The highest BCUT2D eigenvalue weighted by Gasteiger charge is 2.59. The van der Waals surface area contributed by atoms with E-state index in [0.29, 0.717) is 0 Å². The van der Waals surface area contributed by atoms with Crippen LogP contribution >= 0.6 is 0 Å². The van der Waals surface area contributed by atoms with Gasteiger partial charge in [-0.3, -0.25) is 19.2 Å². The lowest BCUT2D eigenvalue weighted by Gasteiger charge is -2.50. The number of aliphatic hydroxyl groups is 23. The van der Waals surface area contributed by atoms with E-state index in [9.17, 15) is 137 Å². The Morgan fingerprint density at radius 2 is 0.693 bits per heavy atom. The Morgan fingerprint density at radius 1 is 0.337 bits per heavy atom.